The molecule has 124 valence electrons. The molecular weight excluding hydrogens is 339 g/mol. The molecule has 2 N–H and O–H groups in total. The van der Waals surface area contributed by atoms with Crippen LogP contribution >= 0.6 is 24.0 Å². The summed E-state index contributed by atoms with van der Waals surface area (Å²) in [6.45, 7) is 4.62. The van der Waals surface area contributed by atoms with Gasteiger partial charge in [-0.25, -0.2) is 0 Å². The van der Waals surface area contributed by atoms with Crippen molar-refractivity contribution in [3.05, 3.63) is 46.6 Å². The molecule has 23 heavy (non-hydrogen) atoms. The van der Waals surface area contributed by atoms with Crippen molar-refractivity contribution in [1.82, 2.24) is 20.8 Å². The molecule has 0 unspecified atom stereocenters. The zero-order chi connectivity index (χ0) is 15.7. The van der Waals surface area contributed by atoms with Gasteiger partial charge in [0.1, 0.15) is 0 Å². The second-order valence-corrected chi connectivity index (χ2v) is 6.28. The minimum Gasteiger partial charge on any atom is -0.340 e. The van der Waals surface area contributed by atoms with Gasteiger partial charge in [0.25, 0.3) is 5.91 Å². The molecule has 0 bridgehead atoms. The number of nitrogens with one attached hydrogen (secondary N) is 2. The van der Waals surface area contributed by atoms with Crippen molar-refractivity contribution >= 4 is 29.9 Å². The van der Waals surface area contributed by atoms with Crippen molar-refractivity contribution in [2.75, 3.05) is 6.54 Å². The summed E-state index contributed by atoms with van der Waals surface area (Å²) in [4.78, 5) is 16.7. The minimum atomic E-state index is -0.745. The summed E-state index contributed by atoms with van der Waals surface area (Å²) in [5.41, 5.74) is -0.254. The summed E-state index contributed by atoms with van der Waals surface area (Å²) in [6, 6.07) is 6.91. The molecule has 3 rings (SSSR count). The number of rotatable bonds is 4. The normalized spacial score (nSPS) is 17.1. The van der Waals surface area contributed by atoms with Crippen molar-refractivity contribution in [3.8, 4) is 0 Å². The van der Waals surface area contributed by atoms with Crippen molar-refractivity contribution in [2.24, 2.45) is 0 Å². The number of hydrogen-bond acceptors (Lipinski definition) is 5. The van der Waals surface area contributed by atoms with Crippen LogP contribution in [0.2, 0.25) is 5.02 Å². The predicted octanol–water partition coefficient (Wildman–Crippen LogP) is 2.84. The zero-order valence-electron chi connectivity index (χ0n) is 12.8. The number of halogens is 2. The van der Waals surface area contributed by atoms with E-state index in [1.165, 1.54) is 0 Å². The van der Waals surface area contributed by atoms with Gasteiger partial charge in [0.05, 0.1) is 11.6 Å². The molecule has 8 heteroatoms. The molecule has 1 atom stereocenters. The molecule has 1 fully saturated rings. The highest BCUT2D eigenvalue weighted by Crippen LogP contribution is 2.24. The Morgan fingerprint density at radius 2 is 2.22 bits per heavy atom. The Kier molecular flexibility index (Phi) is 5.29. The fourth-order valence-corrected chi connectivity index (χ4v) is 2.36. The van der Waals surface area contributed by atoms with E-state index in [1.807, 2.05) is 13.8 Å². The highest BCUT2D eigenvalue weighted by atomic mass is 35.5. The molecule has 2 heterocycles. The van der Waals surface area contributed by atoms with Crippen LogP contribution in [0.25, 0.3) is 0 Å². The van der Waals surface area contributed by atoms with E-state index < -0.39 is 5.54 Å². The molecule has 1 aromatic heterocycles. The first-order chi connectivity index (χ1) is 10.5. The first-order valence-electron chi connectivity index (χ1n) is 7.11. The number of aromatic nitrogens is 2. The summed E-state index contributed by atoms with van der Waals surface area (Å²) >= 11 is 5.91. The van der Waals surface area contributed by atoms with E-state index in [2.05, 4.69) is 20.8 Å². The van der Waals surface area contributed by atoms with E-state index in [4.69, 9.17) is 16.1 Å². The van der Waals surface area contributed by atoms with Gasteiger partial charge >= 0.3 is 0 Å². The molecule has 6 nitrogen and oxygen atoms in total. The van der Waals surface area contributed by atoms with E-state index in [9.17, 15) is 4.79 Å². The molecule has 1 aromatic carbocycles. The lowest BCUT2D eigenvalue weighted by molar-refractivity contribution is 0.0907. The maximum absolute atomic E-state index is 12.3. The Morgan fingerprint density at radius 1 is 1.48 bits per heavy atom. The molecule has 0 spiro atoms. The van der Waals surface area contributed by atoms with E-state index in [1.54, 1.807) is 24.3 Å². The van der Waals surface area contributed by atoms with Crippen molar-refractivity contribution in [2.45, 2.75) is 31.8 Å². The van der Waals surface area contributed by atoms with Crippen LogP contribution in [-0.4, -0.2) is 22.6 Å². The Balaban J connectivity index is 0.00000192. The monoisotopic (exact) mass is 356 g/mol. The fraction of sp³-hybridized carbons (Fsp3) is 0.400. The Bertz CT molecular complexity index is 698. The van der Waals surface area contributed by atoms with Crippen LogP contribution in [0.4, 0.5) is 0 Å². The summed E-state index contributed by atoms with van der Waals surface area (Å²) < 4.78 is 5.27. The van der Waals surface area contributed by atoms with Gasteiger partial charge in [-0.3, -0.25) is 4.79 Å². The van der Waals surface area contributed by atoms with Gasteiger partial charge in [-0.2, -0.15) is 4.98 Å². The SMILES string of the molecule is CC(C)(NC(=O)c1cccc(Cl)c1)c1noc([C@H]2CCN2)n1.Cl. The molecule has 1 aliphatic rings. The molecule has 1 aliphatic heterocycles. The van der Waals surface area contributed by atoms with E-state index in [-0.39, 0.29) is 24.4 Å². The average Bonchev–Trinajstić information content (AvgIpc) is 2.86. The van der Waals surface area contributed by atoms with Crippen molar-refractivity contribution in [1.29, 1.82) is 0 Å². The molecule has 0 aliphatic carbocycles. The van der Waals surface area contributed by atoms with Gasteiger partial charge in [0, 0.05) is 10.6 Å². The van der Waals surface area contributed by atoms with E-state index in [0.29, 0.717) is 22.3 Å². The van der Waals surface area contributed by atoms with Crippen LogP contribution < -0.4 is 10.6 Å². The van der Waals surface area contributed by atoms with Gasteiger partial charge in [-0.15, -0.1) is 12.4 Å². The lowest BCUT2D eigenvalue weighted by Gasteiger charge is -2.24. The third kappa shape index (κ3) is 3.83. The maximum Gasteiger partial charge on any atom is 0.252 e. The topological polar surface area (TPSA) is 80.0 Å². The first-order valence-corrected chi connectivity index (χ1v) is 7.49. The molecule has 2 aromatic rings. The Labute approximate surface area is 145 Å². The molecule has 0 radical (unpaired) electrons. The second-order valence-electron chi connectivity index (χ2n) is 5.84. The van der Waals surface area contributed by atoms with Gasteiger partial charge in [-0.05, 0) is 45.0 Å². The van der Waals surface area contributed by atoms with Crippen molar-refractivity contribution < 1.29 is 9.32 Å². The molecule has 0 saturated carbocycles. The van der Waals surface area contributed by atoms with Gasteiger partial charge < -0.3 is 15.2 Å². The quantitative estimate of drug-likeness (QED) is 0.880. The third-order valence-corrected chi connectivity index (χ3v) is 3.87. The van der Waals surface area contributed by atoms with Crippen LogP contribution in [0.1, 0.15) is 48.4 Å². The van der Waals surface area contributed by atoms with Crippen LogP contribution in [0, 0.1) is 0 Å². The maximum atomic E-state index is 12.3. The average molecular weight is 357 g/mol. The van der Waals surface area contributed by atoms with Gasteiger partial charge in [0.2, 0.25) is 5.89 Å². The molecule has 1 amide bonds. The summed E-state index contributed by atoms with van der Waals surface area (Å²) in [7, 11) is 0. The summed E-state index contributed by atoms with van der Waals surface area (Å²) in [5, 5.41) is 10.6. The first kappa shape index (κ1) is 17.7. The van der Waals surface area contributed by atoms with Crippen LogP contribution in [-0.2, 0) is 5.54 Å². The Hall–Kier alpha value is -1.63. The summed E-state index contributed by atoms with van der Waals surface area (Å²) in [5.74, 6) is 0.776. The number of carbonyl (C=O) groups is 1. The third-order valence-electron chi connectivity index (χ3n) is 3.64. The number of benzene rings is 1. The largest absolute Gasteiger partial charge is 0.340 e. The predicted molar refractivity (Wildman–Crippen MR) is 88.9 cm³/mol. The number of hydrogen-bond donors (Lipinski definition) is 2. The second kappa shape index (κ2) is 6.86. The van der Waals surface area contributed by atoms with Crippen LogP contribution in [0.3, 0.4) is 0 Å². The van der Waals surface area contributed by atoms with E-state index >= 15 is 0 Å². The van der Waals surface area contributed by atoms with Gasteiger partial charge in [0.15, 0.2) is 5.82 Å². The van der Waals surface area contributed by atoms with E-state index in [0.717, 1.165) is 13.0 Å². The summed E-state index contributed by atoms with van der Waals surface area (Å²) in [6.07, 6.45) is 0.983. The number of amides is 1. The van der Waals surface area contributed by atoms with Gasteiger partial charge in [-0.1, -0.05) is 22.8 Å². The number of carbonyl (C=O) groups excluding carboxylic acids is 1. The molecule has 1 saturated heterocycles. The smallest absolute Gasteiger partial charge is 0.252 e. The van der Waals surface area contributed by atoms with Crippen molar-refractivity contribution in [3.63, 3.8) is 0 Å². The highest BCUT2D eigenvalue weighted by molar-refractivity contribution is 6.30. The fourth-order valence-electron chi connectivity index (χ4n) is 2.17. The lowest BCUT2D eigenvalue weighted by atomic mass is 10.0. The zero-order valence-corrected chi connectivity index (χ0v) is 14.4. The lowest BCUT2D eigenvalue weighted by Crippen LogP contribution is -2.42. The molecular formula is C15H18Cl2N4O2. The number of nitrogens with zero attached hydrogens (tertiary/aromatic N) is 2. The van der Waals surface area contributed by atoms with Crippen LogP contribution in [0.5, 0.6) is 0 Å². The Morgan fingerprint density at radius 3 is 2.83 bits per heavy atom. The minimum absolute atomic E-state index is 0. The standard InChI is InChI=1S/C15H17ClN4O2.ClH/c1-15(2,14-18-13(22-20-14)11-6-7-17-11)19-12(21)9-4-3-5-10(16)8-9;/h3-5,8,11,17H,6-7H2,1-2H3,(H,19,21);1H/t11-;/m1./s1. The highest BCUT2D eigenvalue weighted by Gasteiger charge is 2.32. The van der Waals surface area contributed by atoms with Crippen LogP contribution in [0.15, 0.2) is 28.8 Å².